The zero-order valence-corrected chi connectivity index (χ0v) is 11.8. The van der Waals surface area contributed by atoms with Gasteiger partial charge in [0.05, 0.1) is 6.04 Å². The molecule has 0 bridgehead atoms. The van der Waals surface area contributed by atoms with E-state index in [9.17, 15) is 0 Å². The van der Waals surface area contributed by atoms with Gasteiger partial charge in [-0.15, -0.1) is 0 Å². The van der Waals surface area contributed by atoms with Crippen LogP contribution in [0.5, 0.6) is 0 Å². The van der Waals surface area contributed by atoms with Gasteiger partial charge in [-0.25, -0.2) is 14.1 Å². The Morgan fingerprint density at radius 2 is 2.33 bits per heavy atom. The van der Waals surface area contributed by atoms with Crippen LogP contribution in [0.3, 0.4) is 0 Å². The van der Waals surface area contributed by atoms with E-state index in [2.05, 4.69) is 37.4 Å². The zero-order chi connectivity index (χ0) is 14.2. The lowest BCUT2D eigenvalue weighted by Crippen LogP contribution is -2.23. The summed E-state index contributed by atoms with van der Waals surface area (Å²) in [6.45, 7) is 3.89. The van der Waals surface area contributed by atoms with Crippen LogP contribution in [0.1, 0.15) is 35.8 Å². The third kappa shape index (κ3) is 2.19. The Balaban J connectivity index is 1.59. The highest BCUT2D eigenvalue weighted by molar-refractivity contribution is 5.39. The summed E-state index contributed by atoms with van der Waals surface area (Å²) in [5.74, 6) is 0. The molecule has 1 aliphatic heterocycles. The highest BCUT2D eigenvalue weighted by Gasteiger charge is 2.30. The molecule has 1 saturated heterocycles. The number of hydrogen-bond acceptors (Lipinski definition) is 6. The van der Waals surface area contributed by atoms with Crippen LogP contribution < -0.4 is 0 Å². The van der Waals surface area contributed by atoms with Gasteiger partial charge in [-0.05, 0) is 44.0 Å². The quantitative estimate of drug-likeness (QED) is 0.729. The van der Waals surface area contributed by atoms with Crippen molar-refractivity contribution in [2.45, 2.75) is 32.4 Å². The highest BCUT2D eigenvalue weighted by atomic mass is 16.6. The molecule has 0 radical (unpaired) electrons. The Hall–Kier alpha value is -2.28. The number of pyridine rings is 1. The van der Waals surface area contributed by atoms with Crippen LogP contribution in [0.4, 0.5) is 0 Å². The minimum atomic E-state index is 0.297. The Labute approximate surface area is 121 Å². The maximum absolute atomic E-state index is 4.86. The number of aromatic nitrogens is 5. The number of likely N-dealkylation sites (tertiary alicyclic amines) is 1. The van der Waals surface area contributed by atoms with Gasteiger partial charge in [0.1, 0.15) is 17.7 Å². The molecule has 1 fully saturated rings. The first-order chi connectivity index (χ1) is 10.3. The first-order valence-corrected chi connectivity index (χ1v) is 7.12. The summed E-state index contributed by atoms with van der Waals surface area (Å²) in [6, 6.07) is 4.46. The second kappa shape index (κ2) is 4.92. The first-order valence-electron chi connectivity index (χ1n) is 7.12. The van der Waals surface area contributed by atoms with Crippen LogP contribution in [0.15, 0.2) is 29.3 Å². The minimum Gasteiger partial charge on any atom is -0.290 e. The molecule has 7 nitrogen and oxygen atoms in total. The number of hydrogen-bond donors (Lipinski definition) is 0. The van der Waals surface area contributed by atoms with Crippen LogP contribution in [0.2, 0.25) is 0 Å². The predicted molar refractivity (Wildman–Crippen MR) is 74.4 cm³/mol. The highest BCUT2D eigenvalue weighted by Crippen LogP contribution is 2.33. The predicted octanol–water partition coefficient (Wildman–Crippen LogP) is 1.76. The monoisotopic (exact) mass is 284 g/mol. The molecule has 0 spiro atoms. The third-order valence-electron chi connectivity index (χ3n) is 4.10. The van der Waals surface area contributed by atoms with Gasteiger partial charge in [0.15, 0.2) is 5.65 Å². The second-order valence-electron chi connectivity index (χ2n) is 5.46. The van der Waals surface area contributed by atoms with E-state index in [4.69, 9.17) is 4.63 Å². The van der Waals surface area contributed by atoms with Gasteiger partial charge < -0.3 is 0 Å². The molecule has 4 heterocycles. The smallest absolute Gasteiger partial charge is 0.155 e. The fraction of sp³-hybridized carbons (Fsp3) is 0.429. The molecule has 0 aromatic carbocycles. The molecular weight excluding hydrogens is 268 g/mol. The van der Waals surface area contributed by atoms with Gasteiger partial charge in [0.2, 0.25) is 0 Å². The molecule has 3 aromatic heterocycles. The summed E-state index contributed by atoms with van der Waals surface area (Å²) in [5.41, 5.74) is 3.97. The summed E-state index contributed by atoms with van der Waals surface area (Å²) in [6.07, 6.45) is 5.79. The van der Waals surface area contributed by atoms with Crippen molar-refractivity contribution in [1.29, 1.82) is 0 Å². The standard InChI is InChI=1S/C14H16N6O/c1-10-14(18-21-17-10)12-3-2-5-19(12)8-11-4-6-20-13(7-11)15-9-16-20/h4,6-7,9,12H,2-3,5,8H2,1H3. The van der Waals surface area contributed by atoms with Crippen molar-refractivity contribution < 1.29 is 4.63 Å². The number of aryl methyl sites for hydroxylation is 1. The molecule has 0 aliphatic carbocycles. The van der Waals surface area contributed by atoms with Crippen LogP contribution in [-0.4, -0.2) is 36.4 Å². The Kier molecular flexibility index (Phi) is 2.92. The van der Waals surface area contributed by atoms with Gasteiger partial charge >= 0.3 is 0 Å². The largest absolute Gasteiger partial charge is 0.290 e. The van der Waals surface area contributed by atoms with E-state index in [1.54, 1.807) is 10.8 Å². The van der Waals surface area contributed by atoms with Crippen LogP contribution in [0.25, 0.3) is 5.65 Å². The minimum absolute atomic E-state index is 0.297. The molecule has 1 atom stereocenters. The van der Waals surface area contributed by atoms with Crippen molar-refractivity contribution in [1.82, 2.24) is 29.8 Å². The maximum Gasteiger partial charge on any atom is 0.155 e. The first kappa shape index (κ1) is 12.5. The lowest BCUT2D eigenvalue weighted by molar-refractivity contribution is 0.231. The number of nitrogens with zero attached hydrogens (tertiary/aromatic N) is 6. The van der Waals surface area contributed by atoms with Crippen molar-refractivity contribution in [2.75, 3.05) is 6.54 Å². The van der Waals surface area contributed by atoms with Gasteiger partial charge in [-0.1, -0.05) is 10.3 Å². The Bertz CT molecular complexity index is 764. The van der Waals surface area contributed by atoms with Gasteiger partial charge in [-0.2, -0.15) is 5.10 Å². The topological polar surface area (TPSA) is 72.4 Å². The fourth-order valence-electron chi connectivity index (χ4n) is 3.06. The van der Waals surface area contributed by atoms with Crippen molar-refractivity contribution in [3.8, 4) is 0 Å². The van der Waals surface area contributed by atoms with Crippen molar-refractivity contribution in [3.05, 3.63) is 41.6 Å². The number of rotatable bonds is 3. The molecular formula is C14H16N6O. The van der Waals surface area contributed by atoms with Gasteiger partial charge in [-0.3, -0.25) is 4.90 Å². The van der Waals surface area contributed by atoms with E-state index < -0.39 is 0 Å². The number of fused-ring (bicyclic) bond motifs is 1. The molecule has 3 aromatic rings. The molecule has 4 rings (SSSR count). The Morgan fingerprint density at radius 3 is 3.19 bits per heavy atom. The summed E-state index contributed by atoms with van der Waals surface area (Å²) in [7, 11) is 0. The fourth-order valence-corrected chi connectivity index (χ4v) is 3.06. The van der Waals surface area contributed by atoms with Gasteiger partial charge in [0.25, 0.3) is 0 Å². The van der Waals surface area contributed by atoms with E-state index in [1.165, 1.54) is 12.0 Å². The van der Waals surface area contributed by atoms with E-state index in [0.717, 1.165) is 36.5 Å². The molecule has 0 saturated carbocycles. The maximum atomic E-state index is 4.86. The molecule has 21 heavy (non-hydrogen) atoms. The average Bonchev–Trinajstić information content (AvgIpc) is 3.18. The summed E-state index contributed by atoms with van der Waals surface area (Å²) in [5, 5.41) is 12.1. The third-order valence-corrected chi connectivity index (χ3v) is 4.10. The second-order valence-corrected chi connectivity index (χ2v) is 5.46. The van der Waals surface area contributed by atoms with E-state index in [-0.39, 0.29) is 0 Å². The average molecular weight is 284 g/mol. The van der Waals surface area contributed by atoms with Gasteiger partial charge in [0, 0.05) is 12.7 Å². The molecule has 0 amide bonds. The van der Waals surface area contributed by atoms with Crippen LogP contribution in [-0.2, 0) is 6.54 Å². The summed E-state index contributed by atoms with van der Waals surface area (Å²) in [4.78, 5) is 6.66. The van der Waals surface area contributed by atoms with Crippen molar-refractivity contribution in [3.63, 3.8) is 0 Å². The van der Waals surface area contributed by atoms with Crippen molar-refractivity contribution in [2.24, 2.45) is 0 Å². The summed E-state index contributed by atoms with van der Waals surface area (Å²) < 4.78 is 6.63. The normalized spacial score (nSPS) is 19.6. The molecule has 1 unspecified atom stereocenters. The van der Waals surface area contributed by atoms with E-state index >= 15 is 0 Å². The molecule has 1 aliphatic rings. The Morgan fingerprint density at radius 1 is 1.38 bits per heavy atom. The SMILES string of the molecule is Cc1nonc1C1CCCN1Cc1ccn2ncnc2c1. The van der Waals surface area contributed by atoms with Crippen LogP contribution in [0, 0.1) is 6.92 Å². The lowest BCUT2D eigenvalue weighted by atomic mass is 10.1. The van der Waals surface area contributed by atoms with E-state index in [1.807, 2.05) is 13.1 Å². The molecule has 7 heteroatoms. The lowest BCUT2D eigenvalue weighted by Gasteiger charge is -2.22. The molecule has 0 N–H and O–H groups in total. The molecule has 108 valence electrons. The van der Waals surface area contributed by atoms with E-state index in [0.29, 0.717) is 6.04 Å². The zero-order valence-electron chi connectivity index (χ0n) is 11.8. The van der Waals surface area contributed by atoms with Crippen LogP contribution >= 0.6 is 0 Å². The summed E-state index contributed by atoms with van der Waals surface area (Å²) >= 11 is 0. The van der Waals surface area contributed by atoms with Crippen molar-refractivity contribution >= 4 is 5.65 Å².